The highest BCUT2D eigenvalue weighted by Gasteiger charge is 2.22. The molecule has 0 saturated heterocycles. The van der Waals surface area contributed by atoms with E-state index in [4.69, 9.17) is 0 Å². The third-order valence-corrected chi connectivity index (χ3v) is 2.10. The van der Waals surface area contributed by atoms with E-state index in [1.54, 1.807) is 0 Å². The third-order valence-electron chi connectivity index (χ3n) is 2.10. The van der Waals surface area contributed by atoms with E-state index in [1.165, 1.54) is 0 Å². The van der Waals surface area contributed by atoms with Gasteiger partial charge < -0.3 is 5.11 Å². The standard InChI is InChI=1S/C9H20O/c1-5-9(10,6-2)7-8(3)4/h8,10H,5-7H2,1-4H3. The highest BCUT2D eigenvalue weighted by molar-refractivity contribution is 4.75. The maximum atomic E-state index is 9.80. The summed E-state index contributed by atoms with van der Waals surface area (Å²) in [5.41, 5.74) is -0.395. The third kappa shape index (κ3) is 3.21. The number of hydrogen-bond acceptors (Lipinski definition) is 1. The van der Waals surface area contributed by atoms with Crippen LogP contribution in [0.2, 0.25) is 0 Å². The van der Waals surface area contributed by atoms with Gasteiger partial charge in [0.1, 0.15) is 0 Å². The first-order valence-corrected chi connectivity index (χ1v) is 4.26. The fraction of sp³-hybridized carbons (Fsp3) is 1.00. The van der Waals surface area contributed by atoms with E-state index in [-0.39, 0.29) is 0 Å². The highest BCUT2D eigenvalue weighted by Crippen LogP contribution is 2.23. The van der Waals surface area contributed by atoms with Crippen LogP contribution in [0.1, 0.15) is 47.0 Å². The molecule has 0 aliphatic carbocycles. The summed E-state index contributed by atoms with van der Waals surface area (Å²) in [6, 6.07) is 0. The topological polar surface area (TPSA) is 20.2 Å². The first-order valence-electron chi connectivity index (χ1n) is 4.26. The van der Waals surface area contributed by atoms with E-state index in [0.29, 0.717) is 5.92 Å². The van der Waals surface area contributed by atoms with E-state index in [1.807, 2.05) is 13.8 Å². The van der Waals surface area contributed by atoms with Gasteiger partial charge in [-0.15, -0.1) is 0 Å². The van der Waals surface area contributed by atoms with Crippen molar-refractivity contribution in [3.63, 3.8) is 0 Å². The molecule has 0 unspecified atom stereocenters. The molecule has 0 atom stereocenters. The lowest BCUT2D eigenvalue weighted by Crippen LogP contribution is -2.28. The zero-order valence-corrected chi connectivity index (χ0v) is 7.65. The summed E-state index contributed by atoms with van der Waals surface area (Å²) in [6.45, 7) is 8.39. The van der Waals surface area contributed by atoms with Crippen molar-refractivity contribution < 1.29 is 5.11 Å². The SMILES string of the molecule is CCC(O)(CC)CC(C)C. The molecular formula is C9H20O. The van der Waals surface area contributed by atoms with Crippen molar-refractivity contribution in [1.82, 2.24) is 0 Å². The first-order chi connectivity index (χ1) is 4.54. The Bertz CT molecular complexity index is 82.7. The molecule has 0 bridgehead atoms. The van der Waals surface area contributed by atoms with Gasteiger partial charge in [0.15, 0.2) is 0 Å². The molecule has 0 spiro atoms. The molecular weight excluding hydrogens is 124 g/mol. The Morgan fingerprint density at radius 2 is 1.60 bits per heavy atom. The summed E-state index contributed by atoms with van der Waals surface area (Å²) in [6.07, 6.45) is 2.68. The van der Waals surface area contributed by atoms with Gasteiger partial charge in [-0.05, 0) is 25.2 Å². The average Bonchev–Trinajstić information content (AvgIpc) is 1.87. The Labute approximate surface area is 64.5 Å². The molecule has 0 aliphatic rings. The largest absolute Gasteiger partial charge is 0.390 e. The molecule has 1 nitrogen and oxygen atoms in total. The molecule has 0 fully saturated rings. The van der Waals surface area contributed by atoms with E-state index in [0.717, 1.165) is 19.3 Å². The molecule has 0 heterocycles. The van der Waals surface area contributed by atoms with Crippen molar-refractivity contribution in [2.75, 3.05) is 0 Å². The van der Waals surface area contributed by atoms with Gasteiger partial charge in [0.05, 0.1) is 5.60 Å². The average molecular weight is 144 g/mol. The van der Waals surface area contributed by atoms with Crippen LogP contribution in [0.5, 0.6) is 0 Å². The molecule has 0 rings (SSSR count). The van der Waals surface area contributed by atoms with E-state index in [9.17, 15) is 5.11 Å². The Morgan fingerprint density at radius 3 is 1.70 bits per heavy atom. The van der Waals surface area contributed by atoms with Crippen LogP contribution in [-0.2, 0) is 0 Å². The molecule has 0 aromatic heterocycles. The lowest BCUT2D eigenvalue weighted by molar-refractivity contribution is 0.0122. The molecule has 0 aromatic rings. The number of aliphatic hydroxyl groups is 1. The second-order valence-electron chi connectivity index (χ2n) is 3.53. The van der Waals surface area contributed by atoms with E-state index in [2.05, 4.69) is 13.8 Å². The fourth-order valence-corrected chi connectivity index (χ4v) is 1.30. The molecule has 0 saturated carbocycles. The zero-order chi connectivity index (χ0) is 8.20. The zero-order valence-electron chi connectivity index (χ0n) is 7.65. The van der Waals surface area contributed by atoms with Crippen molar-refractivity contribution in [3.05, 3.63) is 0 Å². The molecule has 1 heteroatoms. The van der Waals surface area contributed by atoms with Gasteiger partial charge >= 0.3 is 0 Å². The van der Waals surface area contributed by atoms with Crippen molar-refractivity contribution >= 4 is 0 Å². The summed E-state index contributed by atoms with van der Waals surface area (Å²) >= 11 is 0. The molecule has 62 valence electrons. The van der Waals surface area contributed by atoms with Crippen LogP contribution < -0.4 is 0 Å². The number of hydrogen-bond donors (Lipinski definition) is 1. The smallest absolute Gasteiger partial charge is 0.0645 e. The highest BCUT2D eigenvalue weighted by atomic mass is 16.3. The van der Waals surface area contributed by atoms with Gasteiger partial charge in [-0.3, -0.25) is 0 Å². The van der Waals surface area contributed by atoms with Gasteiger partial charge in [-0.2, -0.15) is 0 Å². The van der Waals surface area contributed by atoms with Crippen molar-refractivity contribution in [1.29, 1.82) is 0 Å². The lowest BCUT2D eigenvalue weighted by atomic mass is 9.88. The van der Waals surface area contributed by atoms with Crippen molar-refractivity contribution in [2.45, 2.75) is 52.6 Å². The fourth-order valence-electron chi connectivity index (χ4n) is 1.30. The van der Waals surface area contributed by atoms with Gasteiger partial charge in [-0.1, -0.05) is 27.7 Å². The van der Waals surface area contributed by atoms with E-state index < -0.39 is 5.60 Å². The Hall–Kier alpha value is -0.0400. The van der Waals surface area contributed by atoms with Gasteiger partial charge in [-0.25, -0.2) is 0 Å². The second-order valence-corrected chi connectivity index (χ2v) is 3.53. The summed E-state index contributed by atoms with van der Waals surface area (Å²) in [5, 5.41) is 9.80. The lowest BCUT2D eigenvalue weighted by Gasteiger charge is -2.26. The molecule has 0 radical (unpaired) electrons. The van der Waals surface area contributed by atoms with Crippen molar-refractivity contribution in [3.8, 4) is 0 Å². The maximum absolute atomic E-state index is 9.80. The molecule has 10 heavy (non-hydrogen) atoms. The minimum Gasteiger partial charge on any atom is -0.390 e. The Balaban J connectivity index is 3.80. The minimum atomic E-state index is -0.395. The molecule has 0 aromatic carbocycles. The van der Waals surface area contributed by atoms with Crippen LogP contribution in [0.4, 0.5) is 0 Å². The molecule has 0 amide bonds. The summed E-state index contributed by atoms with van der Waals surface area (Å²) < 4.78 is 0. The molecule has 0 aliphatic heterocycles. The predicted octanol–water partition coefficient (Wildman–Crippen LogP) is 2.58. The van der Waals surface area contributed by atoms with Gasteiger partial charge in [0.2, 0.25) is 0 Å². The first kappa shape index (κ1) is 9.96. The van der Waals surface area contributed by atoms with Crippen LogP contribution in [-0.4, -0.2) is 10.7 Å². The maximum Gasteiger partial charge on any atom is 0.0645 e. The number of rotatable bonds is 4. The molecule has 1 N–H and O–H groups in total. The summed E-state index contributed by atoms with van der Waals surface area (Å²) in [7, 11) is 0. The van der Waals surface area contributed by atoms with Crippen LogP contribution in [0.25, 0.3) is 0 Å². The van der Waals surface area contributed by atoms with Gasteiger partial charge in [0, 0.05) is 0 Å². The summed E-state index contributed by atoms with van der Waals surface area (Å²) in [5.74, 6) is 0.602. The summed E-state index contributed by atoms with van der Waals surface area (Å²) in [4.78, 5) is 0. The monoisotopic (exact) mass is 144 g/mol. The second kappa shape index (κ2) is 3.97. The Morgan fingerprint density at radius 1 is 1.20 bits per heavy atom. The van der Waals surface area contributed by atoms with E-state index >= 15 is 0 Å². The minimum absolute atomic E-state index is 0.395. The van der Waals surface area contributed by atoms with Crippen molar-refractivity contribution in [2.24, 2.45) is 5.92 Å². The van der Waals surface area contributed by atoms with Crippen LogP contribution in [0.15, 0.2) is 0 Å². The van der Waals surface area contributed by atoms with Crippen LogP contribution in [0.3, 0.4) is 0 Å². The van der Waals surface area contributed by atoms with Crippen LogP contribution >= 0.6 is 0 Å². The van der Waals surface area contributed by atoms with Gasteiger partial charge in [0.25, 0.3) is 0 Å². The quantitative estimate of drug-likeness (QED) is 0.643. The normalized spacial score (nSPS) is 12.6. The van der Waals surface area contributed by atoms with Crippen LogP contribution in [0, 0.1) is 5.92 Å². The predicted molar refractivity (Wildman–Crippen MR) is 45.0 cm³/mol. The Kier molecular flexibility index (Phi) is 3.95.